The van der Waals surface area contributed by atoms with Gasteiger partial charge in [-0.2, -0.15) is 4.99 Å². The summed E-state index contributed by atoms with van der Waals surface area (Å²) in [7, 11) is 7.72. The van der Waals surface area contributed by atoms with Gasteiger partial charge < -0.3 is 38.5 Å². The highest BCUT2D eigenvalue weighted by Gasteiger charge is 2.36. The zero-order valence-corrected chi connectivity index (χ0v) is 43.0. The van der Waals surface area contributed by atoms with E-state index >= 15 is 0 Å². The second-order valence-corrected chi connectivity index (χ2v) is 19.0. The Morgan fingerprint density at radius 3 is 2.44 bits per heavy atom. The van der Waals surface area contributed by atoms with Crippen LogP contribution >= 0.6 is 0 Å². The number of ether oxygens (including phenoxy) is 5. The molecule has 0 saturated carbocycles. The number of likely N-dealkylation sites (N-methyl/N-ethyl adjacent to an activating group) is 1. The molecule has 5 aromatic rings. The summed E-state index contributed by atoms with van der Waals surface area (Å²) >= 11 is 0. The van der Waals surface area contributed by atoms with Gasteiger partial charge in [0.15, 0.2) is 17.2 Å². The van der Waals surface area contributed by atoms with Gasteiger partial charge in [-0.25, -0.2) is 10.4 Å². The average molecular weight is 983 g/mol. The molecule has 2 atom stereocenters. The number of cyclic esters (lactones) is 1. The number of amides is 3. The van der Waals surface area contributed by atoms with E-state index in [4.69, 9.17) is 23.7 Å². The molecule has 7 rings (SSSR count). The fourth-order valence-electron chi connectivity index (χ4n) is 9.47. The van der Waals surface area contributed by atoms with Gasteiger partial charge in [0.1, 0.15) is 23.5 Å². The first-order valence-corrected chi connectivity index (χ1v) is 24.2. The van der Waals surface area contributed by atoms with Crippen LogP contribution in [0.15, 0.2) is 94.3 Å². The maximum Gasteiger partial charge on any atom is 0.324 e. The first kappa shape index (κ1) is 52.5. The van der Waals surface area contributed by atoms with Gasteiger partial charge in [-0.15, -0.1) is 0 Å². The number of rotatable bonds is 14. The van der Waals surface area contributed by atoms with Crippen molar-refractivity contribution in [2.24, 2.45) is 15.4 Å². The molecule has 0 unspecified atom stereocenters. The van der Waals surface area contributed by atoms with Crippen LogP contribution in [0.25, 0.3) is 33.3 Å². The van der Waals surface area contributed by atoms with Crippen molar-refractivity contribution in [3.63, 3.8) is 0 Å². The van der Waals surface area contributed by atoms with Crippen molar-refractivity contribution in [2.75, 3.05) is 55.2 Å². The number of aromatic nitrogens is 2. The summed E-state index contributed by atoms with van der Waals surface area (Å²) in [6.45, 7) is 11.3. The van der Waals surface area contributed by atoms with E-state index in [9.17, 15) is 19.2 Å². The summed E-state index contributed by atoms with van der Waals surface area (Å²) in [6.07, 6.45) is 5.28. The van der Waals surface area contributed by atoms with E-state index < -0.39 is 41.2 Å². The molecule has 1 saturated heterocycles. The van der Waals surface area contributed by atoms with Crippen molar-refractivity contribution in [3.05, 3.63) is 101 Å². The van der Waals surface area contributed by atoms with Gasteiger partial charge in [-0.1, -0.05) is 44.2 Å². The summed E-state index contributed by atoms with van der Waals surface area (Å²) in [5.74, 6) is -0.613. The Labute approximate surface area is 421 Å². The average Bonchev–Trinajstić information content (AvgIpc) is 3.68. The molecule has 0 aliphatic carbocycles. The van der Waals surface area contributed by atoms with E-state index in [1.165, 1.54) is 38.3 Å². The van der Waals surface area contributed by atoms with Crippen molar-refractivity contribution in [1.29, 1.82) is 0 Å². The van der Waals surface area contributed by atoms with Gasteiger partial charge in [0.05, 0.1) is 52.8 Å². The number of methoxy groups -OCH3 is 4. The molecule has 6 bridgehead atoms. The fourth-order valence-corrected chi connectivity index (χ4v) is 9.47. The number of aliphatic imine (C=N–C) groups is 2. The van der Waals surface area contributed by atoms with Gasteiger partial charge in [-0.05, 0) is 91.6 Å². The number of hydrogen-bond donors (Lipinski definition) is 2. The first-order chi connectivity index (χ1) is 34.6. The fraction of sp³-hybridized carbons (Fsp3) is 0.418. The third-order valence-corrected chi connectivity index (χ3v) is 13.0. The summed E-state index contributed by atoms with van der Waals surface area (Å²) in [6, 6.07) is 20.4. The van der Waals surface area contributed by atoms with Gasteiger partial charge in [0, 0.05) is 86.5 Å². The number of benzene rings is 3. The monoisotopic (exact) mass is 982 g/mol. The third kappa shape index (κ3) is 11.7. The maximum absolute atomic E-state index is 14.7. The van der Waals surface area contributed by atoms with E-state index in [0.717, 1.165) is 50.0 Å². The first-order valence-electron chi connectivity index (χ1n) is 24.2. The second kappa shape index (κ2) is 23.3. The second-order valence-electron chi connectivity index (χ2n) is 19.0. The predicted molar refractivity (Wildman–Crippen MR) is 275 cm³/mol. The number of hydrogen-bond acceptors (Lipinski definition) is 13. The van der Waals surface area contributed by atoms with Gasteiger partial charge in [0.25, 0.3) is 11.8 Å². The zero-order chi connectivity index (χ0) is 51.7. The topological polar surface area (TPSA) is 188 Å². The Balaban J connectivity index is 1.21. The molecule has 2 N–H and O–H groups in total. The lowest BCUT2D eigenvalue weighted by molar-refractivity contribution is -0.155. The van der Waals surface area contributed by atoms with Crippen molar-refractivity contribution in [3.8, 4) is 39.6 Å². The van der Waals surface area contributed by atoms with Crippen LogP contribution < -0.4 is 25.0 Å². The SMILES string of the molecule is CCn1c(-c2cnccc2COC)c2c3cc(ccc31)-c1cccc(c1)C[C@H](NC(=O)C(=C(C)C)N(C)C(=O)CCN=C=Nc1c(OC)cc(OC)cc1OC)C(=O)N1CCC[C@H](N1)C(=O)OCC(C)(C)C2. The van der Waals surface area contributed by atoms with Crippen molar-refractivity contribution in [2.45, 2.75) is 92.0 Å². The van der Waals surface area contributed by atoms with E-state index in [2.05, 4.69) is 75.3 Å². The number of aryl methyl sites for hydroxylation is 1. The Bertz CT molecular complexity index is 2910. The Kier molecular flexibility index (Phi) is 17.0. The summed E-state index contributed by atoms with van der Waals surface area (Å²) in [5, 5.41) is 5.47. The number of pyridine rings is 1. The van der Waals surface area contributed by atoms with Crippen LogP contribution in [0.2, 0.25) is 0 Å². The largest absolute Gasteiger partial charge is 0.496 e. The van der Waals surface area contributed by atoms with Crippen LogP contribution in [0, 0.1) is 5.41 Å². The zero-order valence-electron chi connectivity index (χ0n) is 43.0. The number of esters is 1. The Hall–Kier alpha value is -7.33. The third-order valence-electron chi connectivity index (χ3n) is 13.0. The van der Waals surface area contributed by atoms with Crippen LogP contribution in [0.5, 0.6) is 17.2 Å². The Morgan fingerprint density at radius 2 is 1.75 bits per heavy atom. The summed E-state index contributed by atoms with van der Waals surface area (Å²) < 4.78 is 30.3. The smallest absolute Gasteiger partial charge is 0.324 e. The lowest BCUT2D eigenvalue weighted by Gasteiger charge is -2.36. The molecule has 2 aliphatic rings. The van der Waals surface area contributed by atoms with Crippen LogP contribution in [0.3, 0.4) is 0 Å². The molecule has 1 fully saturated rings. The summed E-state index contributed by atoms with van der Waals surface area (Å²) in [5.41, 5.74) is 11.5. The number of allylic oxidation sites excluding steroid dienone is 1. The lowest BCUT2D eigenvalue weighted by atomic mass is 9.84. The van der Waals surface area contributed by atoms with Crippen LogP contribution in [-0.2, 0) is 54.6 Å². The van der Waals surface area contributed by atoms with Gasteiger partial charge in [0.2, 0.25) is 5.91 Å². The van der Waals surface area contributed by atoms with E-state index in [-0.39, 0.29) is 31.7 Å². The van der Waals surface area contributed by atoms with Crippen molar-refractivity contribution >= 4 is 46.3 Å². The van der Waals surface area contributed by atoms with E-state index in [1.54, 1.807) is 39.3 Å². The maximum atomic E-state index is 14.7. The number of nitrogens with zero attached hydrogens (tertiary/aromatic N) is 6. The molecule has 3 amide bonds. The minimum absolute atomic E-state index is 0.0178. The highest BCUT2D eigenvalue weighted by atomic mass is 16.5. The lowest BCUT2D eigenvalue weighted by Crippen LogP contribution is -2.60. The van der Waals surface area contributed by atoms with Crippen LogP contribution in [0.1, 0.15) is 70.6 Å². The number of hydrazine groups is 1. The molecular formula is C55H66N8O9. The Morgan fingerprint density at radius 1 is 1.00 bits per heavy atom. The van der Waals surface area contributed by atoms with E-state index in [1.807, 2.05) is 36.5 Å². The quantitative estimate of drug-likeness (QED) is 0.0627. The molecule has 3 aromatic carbocycles. The summed E-state index contributed by atoms with van der Waals surface area (Å²) in [4.78, 5) is 71.1. The van der Waals surface area contributed by atoms with Gasteiger partial charge in [-0.3, -0.25) is 29.2 Å². The number of nitrogens with one attached hydrogen (secondary N) is 2. The number of carbonyl (C=O) groups is 4. The number of fused-ring (bicyclic) bond motifs is 6. The number of carbonyl (C=O) groups excluding carboxylic acids is 4. The molecule has 2 aromatic heterocycles. The predicted octanol–water partition coefficient (Wildman–Crippen LogP) is 7.86. The van der Waals surface area contributed by atoms with Gasteiger partial charge >= 0.3 is 5.97 Å². The molecule has 17 heteroatoms. The highest BCUT2D eigenvalue weighted by Crippen LogP contribution is 2.42. The van der Waals surface area contributed by atoms with Crippen molar-refractivity contribution < 1.29 is 42.9 Å². The highest BCUT2D eigenvalue weighted by molar-refractivity contribution is 6.00. The molecule has 17 nitrogen and oxygen atoms in total. The minimum Gasteiger partial charge on any atom is -0.496 e. The van der Waals surface area contributed by atoms with Crippen molar-refractivity contribution in [1.82, 2.24) is 30.2 Å². The molecule has 380 valence electrons. The molecular weight excluding hydrogens is 917 g/mol. The van der Waals surface area contributed by atoms with Crippen LogP contribution in [0.4, 0.5) is 5.69 Å². The molecule has 2 aliphatic heterocycles. The van der Waals surface area contributed by atoms with E-state index in [0.29, 0.717) is 67.5 Å². The molecule has 0 spiro atoms. The normalized spacial score (nSPS) is 16.7. The molecule has 72 heavy (non-hydrogen) atoms. The standard InChI is InChI=1S/C55H66N8O9/c1-11-62-45-18-17-37-26-40(45)41(51(62)42-30-56-21-19-38(42)31-68-7)29-55(4,5)32-72-54(67)43-16-13-23-63(60-43)53(66)44(25-35-14-12-15-36(37)24-35)59-52(65)50(34(2)3)61(6)48(64)20-22-57-33-58-49-46(70-9)27-39(69-8)28-47(49)71-10/h12,14-15,17-19,21,24,26-28,30,43-44,60H,11,13,16,20,22-23,25,29,31-32H2,1-10H3,(H,59,65)/t43-,44-/m0/s1. The molecule has 4 heterocycles. The minimum atomic E-state index is -1.10. The van der Waals surface area contributed by atoms with Crippen LogP contribution in [-0.4, -0.2) is 116 Å². The molecule has 0 radical (unpaired) electrons.